The Morgan fingerprint density at radius 1 is 1.15 bits per heavy atom. The molecular formula is C18H22N6O2S. The van der Waals surface area contributed by atoms with Gasteiger partial charge < -0.3 is 16.0 Å². The number of amides is 2. The van der Waals surface area contributed by atoms with Crippen LogP contribution in [0, 0.1) is 0 Å². The zero-order chi connectivity index (χ0) is 18.8. The third kappa shape index (κ3) is 4.08. The molecule has 142 valence electrons. The second kappa shape index (κ2) is 7.59. The van der Waals surface area contributed by atoms with Crippen molar-refractivity contribution >= 4 is 35.2 Å². The van der Waals surface area contributed by atoms with Gasteiger partial charge >= 0.3 is 0 Å². The molecule has 0 radical (unpaired) electrons. The molecule has 0 bridgehead atoms. The first-order valence-electron chi connectivity index (χ1n) is 9.14. The van der Waals surface area contributed by atoms with Crippen molar-refractivity contribution in [3.63, 3.8) is 0 Å². The summed E-state index contributed by atoms with van der Waals surface area (Å²) in [7, 11) is 0. The number of hydrogen-bond donors (Lipinski definition) is 2. The van der Waals surface area contributed by atoms with Gasteiger partial charge in [-0.3, -0.25) is 14.2 Å². The zero-order valence-electron chi connectivity index (χ0n) is 14.9. The summed E-state index contributed by atoms with van der Waals surface area (Å²) in [4.78, 5) is 25.7. The van der Waals surface area contributed by atoms with E-state index in [4.69, 9.17) is 5.73 Å². The number of nitrogens with one attached hydrogen (secondary N) is 1. The number of primary amides is 1. The van der Waals surface area contributed by atoms with Gasteiger partial charge in [0, 0.05) is 30.4 Å². The normalized spacial score (nSPS) is 16.5. The molecule has 0 atom stereocenters. The van der Waals surface area contributed by atoms with Gasteiger partial charge in [-0.05, 0) is 49.9 Å². The van der Waals surface area contributed by atoms with E-state index in [1.54, 1.807) is 24.3 Å². The molecule has 27 heavy (non-hydrogen) atoms. The first-order valence-corrected chi connectivity index (χ1v) is 10.1. The number of nitrogens with two attached hydrogens (primary N) is 1. The monoisotopic (exact) mass is 386 g/mol. The smallest absolute Gasteiger partial charge is 0.248 e. The van der Waals surface area contributed by atoms with Gasteiger partial charge in [0.15, 0.2) is 5.16 Å². The molecule has 9 heteroatoms. The molecule has 1 aliphatic carbocycles. The maximum absolute atomic E-state index is 12.3. The van der Waals surface area contributed by atoms with Gasteiger partial charge in [-0.15, -0.1) is 10.2 Å². The SMILES string of the molecule is NC(=O)c1ccc(NC(=O)CSc2nnc(N3CCCC3)n2C2CC2)cc1. The largest absolute Gasteiger partial charge is 0.366 e. The summed E-state index contributed by atoms with van der Waals surface area (Å²) in [6, 6.07) is 6.98. The number of thioether (sulfide) groups is 1. The van der Waals surface area contributed by atoms with E-state index >= 15 is 0 Å². The minimum absolute atomic E-state index is 0.125. The minimum atomic E-state index is -0.489. The zero-order valence-corrected chi connectivity index (χ0v) is 15.7. The van der Waals surface area contributed by atoms with Crippen LogP contribution in [0.5, 0.6) is 0 Å². The number of carbonyl (C=O) groups excluding carboxylic acids is 2. The fraction of sp³-hybridized carbons (Fsp3) is 0.444. The molecule has 4 rings (SSSR count). The van der Waals surface area contributed by atoms with Crippen LogP contribution in [0.15, 0.2) is 29.4 Å². The van der Waals surface area contributed by atoms with E-state index in [2.05, 4.69) is 25.0 Å². The predicted molar refractivity (Wildman–Crippen MR) is 104 cm³/mol. The van der Waals surface area contributed by atoms with Gasteiger partial charge in [0.2, 0.25) is 17.8 Å². The van der Waals surface area contributed by atoms with Crippen molar-refractivity contribution in [2.75, 3.05) is 29.1 Å². The second-order valence-corrected chi connectivity index (χ2v) is 7.80. The number of anilines is 2. The molecule has 8 nitrogen and oxygen atoms in total. The maximum Gasteiger partial charge on any atom is 0.248 e. The molecule has 1 aliphatic heterocycles. The summed E-state index contributed by atoms with van der Waals surface area (Å²) in [5.74, 6) is 0.582. The van der Waals surface area contributed by atoms with E-state index in [9.17, 15) is 9.59 Å². The highest BCUT2D eigenvalue weighted by atomic mass is 32.2. The van der Waals surface area contributed by atoms with Crippen LogP contribution in [0.4, 0.5) is 11.6 Å². The Labute approximate surface area is 161 Å². The van der Waals surface area contributed by atoms with Gasteiger partial charge in [0.05, 0.1) is 5.75 Å². The van der Waals surface area contributed by atoms with Crippen molar-refractivity contribution in [3.8, 4) is 0 Å². The van der Waals surface area contributed by atoms with Crippen molar-refractivity contribution in [3.05, 3.63) is 29.8 Å². The molecule has 1 saturated carbocycles. The van der Waals surface area contributed by atoms with E-state index in [0.29, 0.717) is 17.3 Å². The van der Waals surface area contributed by atoms with E-state index in [1.807, 2.05) is 0 Å². The van der Waals surface area contributed by atoms with Crippen molar-refractivity contribution in [1.29, 1.82) is 0 Å². The average molecular weight is 386 g/mol. The van der Waals surface area contributed by atoms with Crippen LogP contribution in [-0.2, 0) is 4.79 Å². The molecule has 3 N–H and O–H groups in total. The van der Waals surface area contributed by atoms with Gasteiger partial charge in [-0.25, -0.2) is 0 Å². The van der Waals surface area contributed by atoms with E-state index in [-0.39, 0.29) is 11.7 Å². The van der Waals surface area contributed by atoms with Crippen LogP contribution >= 0.6 is 11.8 Å². The summed E-state index contributed by atoms with van der Waals surface area (Å²) in [6.45, 7) is 2.05. The quantitative estimate of drug-likeness (QED) is 0.706. The molecule has 2 heterocycles. The van der Waals surface area contributed by atoms with Crippen molar-refractivity contribution in [2.45, 2.75) is 36.9 Å². The summed E-state index contributed by atoms with van der Waals surface area (Å²) >= 11 is 1.41. The molecular weight excluding hydrogens is 364 g/mol. The summed E-state index contributed by atoms with van der Waals surface area (Å²) < 4.78 is 2.20. The highest BCUT2D eigenvalue weighted by molar-refractivity contribution is 7.99. The Morgan fingerprint density at radius 3 is 2.48 bits per heavy atom. The number of aromatic nitrogens is 3. The van der Waals surface area contributed by atoms with Crippen LogP contribution in [0.1, 0.15) is 42.1 Å². The molecule has 2 amide bonds. The van der Waals surface area contributed by atoms with Gasteiger partial charge in [0.1, 0.15) is 0 Å². The van der Waals surface area contributed by atoms with Crippen LogP contribution in [-0.4, -0.2) is 45.4 Å². The van der Waals surface area contributed by atoms with E-state index < -0.39 is 5.91 Å². The lowest BCUT2D eigenvalue weighted by molar-refractivity contribution is -0.113. The summed E-state index contributed by atoms with van der Waals surface area (Å²) in [5, 5.41) is 12.4. The highest BCUT2D eigenvalue weighted by Crippen LogP contribution is 2.41. The summed E-state index contributed by atoms with van der Waals surface area (Å²) in [6.07, 6.45) is 4.67. The molecule has 2 aliphatic rings. The lowest BCUT2D eigenvalue weighted by Crippen LogP contribution is -2.22. The number of nitrogens with zero attached hydrogens (tertiary/aromatic N) is 4. The molecule has 1 aromatic heterocycles. The van der Waals surface area contributed by atoms with E-state index in [1.165, 1.54) is 24.6 Å². The molecule has 0 unspecified atom stereocenters. The average Bonchev–Trinajstić information content (AvgIpc) is 3.18. The Balaban J connectivity index is 1.38. The Kier molecular flexibility index (Phi) is 5.02. The second-order valence-electron chi connectivity index (χ2n) is 6.86. The molecule has 0 spiro atoms. The van der Waals surface area contributed by atoms with Crippen LogP contribution in [0.25, 0.3) is 0 Å². The first-order chi connectivity index (χ1) is 13.1. The Bertz CT molecular complexity index is 840. The number of hydrogen-bond acceptors (Lipinski definition) is 6. The topological polar surface area (TPSA) is 106 Å². The van der Waals surface area contributed by atoms with Gasteiger partial charge in [-0.2, -0.15) is 0 Å². The molecule has 1 saturated heterocycles. The third-order valence-electron chi connectivity index (χ3n) is 4.73. The lowest BCUT2D eigenvalue weighted by atomic mass is 10.2. The van der Waals surface area contributed by atoms with Crippen molar-refractivity contribution < 1.29 is 9.59 Å². The van der Waals surface area contributed by atoms with Gasteiger partial charge in [-0.1, -0.05) is 11.8 Å². The highest BCUT2D eigenvalue weighted by Gasteiger charge is 2.32. The number of benzene rings is 1. The maximum atomic E-state index is 12.3. The summed E-state index contributed by atoms with van der Waals surface area (Å²) in [5.41, 5.74) is 6.26. The van der Waals surface area contributed by atoms with E-state index in [0.717, 1.165) is 37.0 Å². The number of rotatable bonds is 7. The Hall–Kier alpha value is -2.55. The molecule has 2 aromatic rings. The molecule has 2 fully saturated rings. The van der Waals surface area contributed by atoms with Crippen LogP contribution < -0.4 is 16.0 Å². The van der Waals surface area contributed by atoms with Crippen LogP contribution in [0.3, 0.4) is 0 Å². The third-order valence-corrected chi connectivity index (χ3v) is 5.68. The number of carbonyl (C=O) groups is 2. The minimum Gasteiger partial charge on any atom is -0.366 e. The van der Waals surface area contributed by atoms with Crippen LogP contribution in [0.2, 0.25) is 0 Å². The van der Waals surface area contributed by atoms with Crippen molar-refractivity contribution in [1.82, 2.24) is 14.8 Å². The fourth-order valence-electron chi connectivity index (χ4n) is 3.20. The predicted octanol–water partition coefficient (Wildman–Crippen LogP) is 2.04. The first kappa shape index (κ1) is 17.8. The lowest BCUT2D eigenvalue weighted by Gasteiger charge is -2.17. The fourth-order valence-corrected chi connectivity index (χ4v) is 4.00. The van der Waals surface area contributed by atoms with Crippen molar-refractivity contribution in [2.24, 2.45) is 5.73 Å². The molecule has 1 aromatic carbocycles. The standard InChI is InChI=1S/C18H22N6O2S/c19-16(26)12-3-5-13(6-4-12)20-15(25)11-27-18-22-21-17(23-9-1-2-10-23)24(18)14-7-8-14/h3-6,14H,1-2,7-11H2,(H2,19,26)(H,20,25). The Morgan fingerprint density at radius 2 is 1.85 bits per heavy atom. The van der Waals surface area contributed by atoms with Gasteiger partial charge in [0.25, 0.3) is 0 Å².